The molecular formula is C12H12. The maximum atomic E-state index is 2.38. The molecule has 2 bridgehead atoms. The Hall–Kier alpha value is -1.04. The fourth-order valence-electron chi connectivity index (χ4n) is 2.59. The zero-order valence-electron chi connectivity index (χ0n) is 7.03. The monoisotopic (exact) mass is 156 g/mol. The third-order valence-electron chi connectivity index (χ3n) is 3.16. The van der Waals surface area contributed by atoms with E-state index in [4.69, 9.17) is 0 Å². The van der Waals surface area contributed by atoms with Gasteiger partial charge in [0.25, 0.3) is 0 Å². The van der Waals surface area contributed by atoms with Gasteiger partial charge >= 0.3 is 0 Å². The highest BCUT2D eigenvalue weighted by Crippen LogP contribution is 2.46. The van der Waals surface area contributed by atoms with Crippen molar-refractivity contribution >= 4 is 0 Å². The molecule has 0 amide bonds. The summed E-state index contributed by atoms with van der Waals surface area (Å²) in [4.78, 5) is 0. The maximum absolute atomic E-state index is 2.38. The van der Waals surface area contributed by atoms with Gasteiger partial charge in [0.05, 0.1) is 0 Å². The molecule has 0 heterocycles. The quantitative estimate of drug-likeness (QED) is 0.506. The number of allylic oxidation sites excluding steroid dienone is 2. The number of fused-ring (bicyclic) bond motifs is 5. The minimum Gasteiger partial charge on any atom is -0.0873 e. The third-order valence-corrected chi connectivity index (χ3v) is 3.16. The van der Waals surface area contributed by atoms with E-state index in [0.29, 0.717) is 0 Å². The van der Waals surface area contributed by atoms with Crippen LogP contribution in [-0.2, 0) is 0 Å². The molecule has 1 aromatic carbocycles. The van der Waals surface area contributed by atoms with Gasteiger partial charge in [0, 0.05) is 5.92 Å². The van der Waals surface area contributed by atoms with Crippen LogP contribution >= 0.6 is 0 Å². The lowest BCUT2D eigenvalue weighted by Crippen LogP contribution is -1.95. The van der Waals surface area contributed by atoms with Crippen LogP contribution < -0.4 is 0 Å². The van der Waals surface area contributed by atoms with Crippen LogP contribution in [-0.4, -0.2) is 0 Å². The number of benzene rings is 1. The van der Waals surface area contributed by atoms with Gasteiger partial charge in [-0.25, -0.2) is 0 Å². The van der Waals surface area contributed by atoms with Gasteiger partial charge in [-0.3, -0.25) is 0 Å². The lowest BCUT2D eigenvalue weighted by atomic mass is 9.93. The lowest BCUT2D eigenvalue weighted by molar-refractivity contribution is 0.627. The minimum atomic E-state index is 0.736. The first-order chi connectivity index (χ1) is 5.95. The Morgan fingerprint density at radius 1 is 1.08 bits per heavy atom. The fourth-order valence-corrected chi connectivity index (χ4v) is 2.59. The zero-order chi connectivity index (χ0) is 7.97. The van der Waals surface area contributed by atoms with Crippen molar-refractivity contribution in [3.05, 3.63) is 47.5 Å². The van der Waals surface area contributed by atoms with Crippen molar-refractivity contribution < 1.29 is 0 Å². The van der Waals surface area contributed by atoms with Crippen molar-refractivity contribution in [1.29, 1.82) is 0 Å². The van der Waals surface area contributed by atoms with Crippen LogP contribution in [0.5, 0.6) is 0 Å². The van der Waals surface area contributed by atoms with Crippen molar-refractivity contribution in [2.75, 3.05) is 0 Å². The molecule has 2 aliphatic rings. The highest BCUT2D eigenvalue weighted by Gasteiger charge is 2.30. The first-order valence-electron chi connectivity index (χ1n) is 4.70. The molecule has 12 heavy (non-hydrogen) atoms. The molecule has 0 nitrogen and oxygen atoms in total. The molecular weight excluding hydrogens is 144 g/mol. The normalized spacial score (nSPS) is 30.3. The molecule has 0 radical (unpaired) electrons. The van der Waals surface area contributed by atoms with Crippen molar-refractivity contribution in [2.24, 2.45) is 0 Å². The topological polar surface area (TPSA) is 0 Å². The van der Waals surface area contributed by atoms with Crippen LogP contribution in [0.25, 0.3) is 0 Å². The summed E-state index contributed by atoms with van der Waals surface area (Å²) in [6, 6.07) is 8.91. The van der Waals surface area contributed by atoms with Gasteiger partial charge in [-0.2, -0.15) is 0 Å². The van der Waals surface area contributed by atoms with Crippen LogP contribution in [0.3, 0.4) is 0 Å². The molecule has 0 aliphatic heterocycles. The van der Waals surface area contributed by atoms with E-state index in [1.165, 1.54) is 12.8 Å². The van der Waals surface area contributed by atoms with Crippen molar-refractivity contribution in [3.8, 4) is 0 Å². The molecule has 60 valence electrons. The van der Waals surface area contributed by atoms with Crippen LogP contribution in [0.15, 0.2) is 36.4 Å². The molecule has 0 N–H and O–H groups in total. The molecule has 0 fully saturated rings. The van der Waals surface area contributed by atoms with E-state index < -0.39 is 0 Å². The molecule has 2 aliphatic carbocycles. The van der Waals surface area contributed by atoms with Gasteiger partial charge in [-0.15, -0.1) is 0 Å². The van der Waals surface area contributed by atoms with Gasteiger partial charge in [-0.1, -0.05) is 36.4 Å². The predicted octanol–water partition coefficient (Wildman–Crippen LogP) is 3.22. The minimum absolute atomic E-state index is 0.736. The SMILES string of the molecule is C1=C[C@@H]2C[C@H](C1)c1ccccc12. The molecule has 0 aromatic heterocycles. The van der Waals surface area contributed by atoms with Crippen molar-refractivity contribution in [3.63, 3.8) is 0 Å². The molecule has 0 spiro atoms. The summed E-state index contributed by atoms with van der Waals surface area (Å²) < 4.78 is 0. The average molecular weight is 156 g/mol. The summed E-state index contributed by atoms with van der Waals surface area (Å²) in [6.45, 7) is 0. The Kier molecular flexibility index (Phi) is 1.20. The van der Waals surface area contributed by atoms with Crippen LogP contribution in [0, 0.1) is 0 Å². The highest BCUT2D eigenvalue weighted by atomic mass is 14.3. The van der Waals surface area contributed by atoms with Gasteiger partial charge in [0.2, 0.25) is 0 Å². The Bertz CT molecular complexity index is 336. The van der Waals surface area contributed by atoms with Gasteiger partial charge in [-0.05, 0) is 29.9 Å². The Morgan fingerprint density at radius 3 is 2.83 bits per heavy atom. The first kappa shape index (κ1) is 6.47. The van der Waals surface area contributed by atoms with Crippen LogP contribution in [0.1, 0.15) is 35.8 Å². The van der Waals surface area contributed by atoms with Crippen molar-refractivity contribution in [1.82, 2.24) is 0 Å². The summed E-state index contributed by atoms with van der Waals surface area (Å²) in [5, 5.41) is 0. The van der Waals surface area contributed by atoms with E-state index in [0.717, 1.165) is 11.8 Å². The van der Waals surface area contributed by atoms with E-state index in [-0.39, 0.29) is 0 Å². The Morgan fingerprint density at radius 2 is 1.92 bits per heavy atom. The number of hydrogen-bond acceptors (Lipinski definition) is 0. The number of hydrogen-bond donors (Lipinski definition) is 0. The van der Waals surface area contributed by atoms with E-state index >= 15 is 0 Å². The van der Waals surface area contributed by atoms with E-state index in [9.17, 15) is 0 Å². The van der Waals surface area contributed by atoms with Gasteiger partial charge in [0.15, 0.2) is 0 Å². The largest absolute Gasteiger partial charge is 0.0873 e. The molecule has 1 aromatic rings. The Labute approximate surface area is 72.9 Å². The molecule has 3 rings (SSSR count). The molecule has 0 heteroatoms. The fraction of sp³-hybridized carbons (Fsp3) is 0.333. The molecule has 0 saturated heterocycles. The maximum Gasteiger partial charge on any atom is 0.00267 e. The van der Waals surface area contributed by atoms with Gasteiger partial charge < -0.3 is 0 Å². The molecule has 0 saturated carbocycles. The molecule has 0 unspecified atom stereocenters. The van der Waals surface area contributed by atoms with Gasteiger partial charge in [0.1, 0.15) is 0 Å². The standard InChI is InChI=1S/C12H12/c1-2-7-12-10-5-3-4-9(8-10)11(12)6-1/h1-4,6-7,9-10H,5,8H2/t9-,10+/m1/s1. The van der Waals surface area contributed by atoms with E-state index in [1.807, 2.05) is 0 Å². The predicted molar refractivity (Wildman–Crippen MR) is 50.3 cm³/mol. The van der Waals surface area contributed by atoms with Crippen LogP contribution in [0.2, 0.25) is 0 Å². The summed E-state index contributed by atoms with van der Waals surface area (Å²) in [6.07, 6.45) is 7.34. The molecule has 2 atom stereocenters. The van der Waals surface area contributed by atoms with Crippen molar-refractivity contribution in [2.45, 2.75) is 24.7 Å². The second-order valence-electron chi connectivity index (χ2n) is 3.83. The smallest absolute Gasteiger partial charge is 0.00267 e. The van der Waals surface area contributed by atoms with Crippen LogP contribution in [0.4, 0.5) is 0 Å². The third kappa shape index (κ3) is 0.726. The summed E-state index contributed by atoms with van der Waals surface area (Å²) in [7, 11) is 0. The summed E-state index contributed by atoms with van der Waals surface area (Å²) in [5.74, 6) is 1.57. The average Bonchev–Trinajstić information content (AvgIpc) is 2.41. The van der Waals surface area contributed by atoms with E-state index in [1.54, 1.807) is 11.1 Å². The highest BCUT2D eigenvalue weighted by molar-refractivity contribution is 5.43. The lowest BCUT2D eigenvalue weighted by Gasteiger charge is -2.11. The summed E-state index contributed by atoms with van der Waals surface area (Å²) >= 11 is 0. The second-order valence-corrected chi connectivity index (χ2v) is 3.83. The van der Waals surface area contributed by atoms with E-state index in [2.05, 4.69) is 36.4 Å². The zero-order valence-corrected chi connectivity index (χ0v) is 7.03. The second kappa shape index (κ2) is 2.22. The summed E-state index contributed by atoms with van der Waals surface area (Å²) in [5.41, 5.74) is 3.18. The first-order valence-corrected chi connectivity index (χ1v) is 4.70. The Balaban J connectivity index is 2.22. The number of rotatable bonds is 0.